The first-order chi connectivity index (χ1) is 14.2. The molecule has 0 radical (unpaired) electrons. The second-order valence-corrected chi connectivity index (χ2v) is 9.44. The van der Waals surface area contributed by atoms with Crippen LogP contribution in [0.25, 0.3) is 22.3 Å². The zero-order valence-electron chi connectivity index (χ0n) is 18.2. The van der Waals surface area contributed by atoms with Crippen LogP contribution in [0.2, 0.25) is 0 Å². The molecule has 0 aliphatic heterocycles. The van der Waals surface area contributed by atoms with Crippen LogP contribution in [0.4, 0.5) is 0 Å². The summed E-state index contributed by atoms with van der Waals surface area (Å²) in [7, 11) is 1.79. The highest BCUT2D eigenvalue weighted by atomic mass is 32.1. The lowest BCUT2D eigenvalue weighted by Crippen LogP contribution is -2.26. The van der Waals surface area contributed by atoms with Gasteiger partial charge in [0.25, 0.3) is 5.91 Å². The molecular weight excluding hydrogens is 396 g/mol. The lowest BCUT2D eigenvalue weighted by Gasteiger charge is -2.17. The van der Waals surface area contributed by atoms with Crippen molar-refractivity contribution in [1.29, 1.82) is 0 Å². The van der Waals surface area contributed by atoms with Crippen LogP contribution < -0.4 is 0 Å². The minimum atomic E-state index is -0.0781. The van der Waals surface area contributed by atoms with Gasteiger partial charge >= 0.3 is 0 Å². The summed E-state index contributed by atoms with van der Waals surface area (Å²) in [6.07, 6.45) is 1.75. The van der Waals surface area contributed by atoms with Crippen LogP contribution in [0, 0.1) is 20.8 Å². The molecule has 30 heavy (non-hydrogen) atoms. The first-order valence-corrected chi connectivity index (χ1v) is 10.8. The van der Waals surface area contributed by atoms with Crippen LogP contribution in [0.5, 0.6) is 0 Å². The van der Waals surface area contributed by atoms with E-state index in [9.17, 15) is 4.79 Å². The zero-order chi connectivity index (χ0) is 21.6. The number of fused-ring (bicyclic) bond motifs is 1. The van der Waals surface area contributed by atoms with E-state index in [1.807, 2.05) is 29.8 Å². The highest BCUT2D eigenvalue weighted by Crippen LogP contribution is 2.33. The second kappa shape index (κ2) is 7.72. The maximum atomic E-state index is 13.4. The van der Waals surface area contributed by atoms with Crippen molar-refractivity contribution in [3.8, 4) is 11.3 Å². The summed E-state index contributed by atoms with van der Waals surface area (Å²) in [5.41, 5.74) is 3.21. The summed E-state index contributed by atoms with van der Waals surface area (Å²) in [5, 5.41) is 5.28. The van der Waals surface area contributed by atoms with E-state index in [1.165, 1.54) is 9.75 Å². The van der Waals surface area contributed by atoms with Crippen molar-refractivity contribution in [3.05, 3.63) is 57.3 Å². The fourth-order valence-electron chi connectivity index (χ4n) is 3.68. The molecule has 0 atom stereocenters. The summed E-state index contributed by atoms with van der Waals surface area (Å²) in [5.74, 6) is 1.52. The topological polar surface area (TPSA) is 64.2 Å². The highest BCUT2D eigenvalue weighted by Gasteiger charge is 2.22. The predicted octanol–water partition coefficient (Wildman–Crippen LogP) is 5.53. The lowest BCUT2D eigenvalue weighted by atomic mass is 10.1. The number of aryl methyl sites for hydroxylation is 3. The first kappa shape index (κ1) is 20.3. The number of amides is 1. The number of nitrogens with zero attached hydrogens (tertiary/aromatic N) is 4. The monoisotopic (exact) mass is 422 g/mol. The molecule has 0 aromatic carbocycles. The van der Waals surface area contributed by atoms with Gasteiger partial charge in [0.15, 0.2) is 5.65 Å². The van der Waals surface area contributed by atoms with Crippen LogP contribution in [0.1, 0.15) is 51.5 Å². The number of pyridine rings is 1. The molecule has 4 aromatic rings. The summed E-state index contributed by atoms with van der Waals surface area (Å²) in [4.78, 5) is 22.4. The smallest absolute Gasteiger partial charge is 0.254 e. The highest BCUT2D eigenvalue weighted by molar-refractivity contribution is 7.12. The minimum absolute atomic E-state index is 0.0781. The second-order valence-electron chi connectivity index (χ2n) is 7.98. The molecule has 0 unspecified atom stereocenters. The Morgan fingerprint density at radius 2 is 2.00 bits per heavy atom. The summed E-state index contributed by atoms with van der Waals surface area (Å²) < 4.78 is 7.53. The standard InChI is InChI=1S/C23H26N4O2S/c1-13(2)27-22-20(11-24-27)19(10-21(25-22)18-9-15(4)30-16(18)5)23(28)26(6)12-17-8-7-14(3)29-17/h7-11,13H,12H2,1-6H3. The molecule has 0 saturated heterocycles. The van der Waals surface area contributed by atoms with Gasteiger partial charge in [-0.25, -0.2) is 9.67 Å². The predicted molar refractivity (Wildman–Crippen MR) is 120 cm³/mol. The van der Waals surface area contributed by atoms with Crippen molar-refractivity contribution in [2.24, 2.45) is 0 Å². The van der Waals surface area contributed by atoms with Crippen molar-refractivity contribution >= 4 is 28.3 Å². The molecule has 0 bridgehead atoms. The molecule has 6 nitrogen and oxygen atoms in total. The van der Waals surface area contributed by atoms with Crippen LogP contribution in [-0.4, -0.2) is 32.6 Å². The molecular formula is C23H26N4O2S. The third-order valence-electron chi connectivity index (χ3n) is 5.14. The number of carbonyl (C=O) groups is 1. The van der Waals surface area contributed by atoms with E-state index in [0.717, 1.165) is 33.8 Å². The zero-order valence-corrected chi connectivity index (χ0v) is 19.0. The number of thiophene rings is 1. The van der Waals surface area contributed by atoms with E-state index >= 15 is 0 Å². The molecule has 1 amide bonds. The Balaban J connectivity index is 1.83. The largest absolute Gasteiger partial charge is 0.464 e. The molecule has 0 saturated carbocycles. The van der Waals surface area contributed by atoms with Gasteiger partial charge in [0.2, 0.25) is 0 Å². The average Bonchev–Trinajstić information content (AvgIpc) is 3.38. The Morgan fingerprint density at radius 3 is 2.60 bits per heavy atom. The van der Waals surface area contributed by atoms with Gasteiger partial charge in [-0.15, -0.1) is 11.3 Å². The number of rotatable bonds is 5. The molecule has 7 heteroatoms. The van der Waals surface area contributed by atoms with E-state index in [-0.39, 0.29) is 11.9 Å². The maximum Gasteiger partial charge on any atom is 0.254 e. The Labute approximate surface area is 180 Å². The minimum Gasteiger partial charge on any atom is -0.464 e. The van der Waals surface area contributed by atoms with E-state index < -0.39 is 0 Å². The van der Waals surface area contributed by atoms with Crippen LogP contribution in [0.15, 0.2) is 34.9 Å². The Morgan fingerprint density at radius 1 is 1.23 bits per heavy atom. The van der Waals surface area contributed by atoms with E-state index in [1.54, 1.807) is 29.5 Å². The molecule has 156 valence electrons. The van der Waals surface area contributed by atoms with Gasteiger partial charge in [0, 0.05) is 28.4 Å². The lowest BCUT2D eigenvalue weighted by molar-refractivity contribution is 0.0777. The molecule has 4 aromatic heterocycles. The fourth-order valence-corrected chi connectivity index (χ4v) is 4.61. The van der Waals surface area contributed by atoms with Crippen LogP contribution in [0.3, 0.4) is 0 Å². The Bertz CT molecular complexity index is 1230. The number of aromatic nitrogens is 3. The number of carbonyl (C=O) groups excluding carboxylic acids is 1. The van der Waals surface area contributed by atoms with Gasteiger partial charge in [-0.3, -0.25) is 4.79 Å². The Kier molecular flexibility index (Phi) is 5.24. The van der Waals surface area contributed by atoms with Crippen molar-refractivity contribution in [3.63, 3.8) is 0 Å². The number of hydrogen-bond donors (Lipinski definition) is 0. The van der Waals surface area contributed by atoms with Gasteiger partial charge in [-0.05, 0) is 58.9 Å². The Hall–Kier alpha value is -2.93. The first-order valence-electron chi connectivity index (χ1n) is 10.0. The fraction of sp³-hybridized carbons (Fsp3) is 0.348. The van der Waals surface area contributed by atoms with Gasteiger partial charge in [-0.1, -0.05) is 0 Å². The molecule has 0 aliphatic carbocycles. The molecule has 4 heterocycles. The number of hydrogen-bond acceptors (Lipinski definition) is 5. The summed E-state index contributed by atoms with van der Waals surface area (Å²) in [6.45, 7) is 10.6. The van der Waals surface area contributed by atoms with Crippen molar-refractivity contribution in [2.75, 3.05) is 7.05 Å². The third-order valence-corrected chi connectivity index (χ3v) is 6.10. The van der Waals surface area contributed by atoms with Gasteiger partial charge < -0.3 is 9.32 Å². The summed E-state index contributed by atoms with van der Waals surface area (Å²) in [6, 6.07) is 7.98. The SMILES string of the molecule is Cc1ccc(CN(C)C(=O)c2cc(-c3cc(C)sc3C)nc3c2cnn3C(C)C)o1. The molecule has 4 rings (SSSR count). The van der Waals surface area contributed by atoms with Crippen LogP contribution >= 0.6 is 11.3 Å². The van der Waals surface area contributed by atoms with Gasteiger partial charge in [-0.2, -0.15) is 5.10 Å². The van der Waals surface area contributed by atoms with Crippen molar-refractivity contribution < 1.29 is 9.21 Å². The molecule has 0 aliphatic rings. The average molecular weight is 423 g/mol. The van der Waals surface area contributed by atoms with Crippen molar-refractivity contribution in [1.82, 2.24) is 19.7 Å². The van der Waals surface area contributed by atoms with Gasteiger partial charge in [0.05, 0.1) is 29.4 Å². The number of furan rings is 1. The molecule has 0 N–H and O–H groups in total. The van der Waals surface area contributed by atoms with E-state index in [4.69, 9.17) is 9.40 Å². The van der Waals surface area contributed by atoms with Gasteiger partial charge in [0.1, 0.15) is 11.5 Å². The van der Waals surface area contributed by atoms with Crippen molar-refractivity contribution in [2.45, 2.75) is 47.2 Å². The summed E-state index contributed by atoms with van der Waals surface area (Å²) >= 11 is 1.74. The molecule has 0 spiro atoms. The molecule has 0 fully saturated rings. The quantitative estimate of drug-likeness (QED) is 0.424. The van der Waals surface area contributed by atoms with Crippen LogP contribution in [-0.2, 0) is 6.54 Å². The normalized spacial score (nSPS) is 11.6. The third kappa shape index (κ3) is 3.65. The maximum absolute atomic E-state index is 13.4. The van der Waals surface area contributed by atoms with E-state index in [2.05, 4.69) is 38.9 Å². The van der Waals surface area contributed by atoms with E-state index in [0.29, 0.717) is 12.1 Å².